The molecule has 4 aromatic rings. The van der Waals surface area contributed by atoms with E-state index in [9.17, 15) is 0 Å². The number of aromatic amines is 1. The Bertz CT molecular complexity index is 1090. The van der Waals surface area contributed by atoms with Crippen molar-refractivity contribution in [2.24, 2.45) is 5.92 Å². The second-order valence-electron chi connectivity index (χ2n) is 8.29. The van der Waals surface area contributed by atoms with E-state index in [1.165, 1.54) is 5.56 Å². The number of nitrogens with one attached hydrogen (secondary N) is 1. The predicted octanol–water partition coefficient (Wildman–Crippen LogP) is 4.50. The Hall–Kier alpha value is -3.35. The summed E-state index contributed by atoms with van der Waals surface area (Å²) in [5.74, 6) is 3.44. The van der Waals surface area contributed by atoms with Crippen molar-refractivity contribution in [1.29, 1.82) is 0 Å². The van der Waals surface area contributed by atoms with Gasteiger partial charge in [-0.05, 0) is 33.0 Å². The van der Waals surface area contributed by atoms with Crippen LogP contribution >= 0.6 is 0 Å². The van der Waals surface area contributed by atoms with Gasteiger partial charge in [-0.1, -0.05) is 76.2 Å². The third-order valence-corrected chi connectivity index (χ3v) is 4.97. The van der Waals surface area contributed by atoms with Crippen molar-refractivity contribution in [1.82, 2.24) is 35.4 Å². The minimum atomic E-state index is 0.321. The number of rotatable bonds is 7. The maximum absolute atomic E-state index is 4.81. The first kappa shape index (κ1) is 19.9. The normalized spacial score (nSPS) is 11.5. The van der Waals surface area contributed by atoms with Gasteiger partial charge in [0.2, 0.25) is 0 Å². The number of H-pyrrole nitrogens is 1. The summed E-state index contributed by atoms with van der Waals surface area (Å²) in [6.45, 7) is 9.56. The van der Waals surface area contributed by atoms with Gasteiger partial charge in [0.25, 0.3) is 0 Å². The number of nitrogens with zero attached hydrogens (tertiary/aromatic N) is 6. The number of benzene rings is 2. The summed E-state index contributed by atoms with van der Waals surface area (Å²) < 4.78 is 2.07. The van der Waals surface area contributed by atoms with Crippen molar-refractivity contribution < 1.29 is 0 Å². The van der Waals surface area contributed by atoms with Crippen LogP contribution in [0.1, 0.15) is 50.8 Å². The SMILES string of the molecule is CC(C)Cn1nc(C(C)C)nc1Cc1ccc(-c2ccccc2-c2nnn[nH]2)cc1. The van der Waals surface area contributed by atoms with Crippen LogP contribution in [0.3, 0.4) is 0 Å². The summed E-state index contributed by atoms with van der Waals surface area (Å²) in [4.78, 5) is 4.81. The zero-order valence-electron chi connectivity index (χ0n) is 17.9. The summed E-state index contributed by atoms with van der Waals surface area (Å²) in [7, 11) is 0. The van der Waals surface area contributed by atoms with E-state index in [-0.39, 0.29) is 0 Å². The van der Waals surface area contributed by atoms with Gasteiger partial charge >= 0.3 is 0 Å². The molecule has 0 saturated heterocycles. The fourth-order valence-corrected chi connectivity index (χ4v) is 3.46. The van der Waals surface area contributed by atoms with Crippen LogP contribution < -0.4 is 0 Å². The molecular weight excluding hydrogens is 374 g/mol. The lowest BCUT2D eigenvalue weighted by molar-refractivity contribution is 0.465. The average molecular weight is 402 g/mol. The second kappa shape index (κ2) is 8.57. The van der Waals surface area contributed by atoms with E-state index in [1.807, 2.05) is 18.2 Å². The Morgan fingerprint density at radius 1 is 0.933 bits per heavy atom. The molecule has 30 heavy (non-hydrogen) atoms. The molecule has 0 aliphatic carbocycles. The lowest BCUT2D eigenvalue weighted by atomic mass is 9.98. The van der Waals surface area contributed by atoms with E-state index >= 15 is 0 Å². The molecule has 0 aliphatic heterocycles. The summed E-state index contributed by atoms with van der Waals surface area (Å²) in [5.41, 5.74) is 4.41. The minimum Gasteiger partial charge on any atom is -0.249 e. The minimum absolute atomic E-state index is 0.321. The predicted molar refractivity (Wildman–Crippen MR) is 117 cm³/mol. The van der Waals surface area contributed by atoms with Crippen LogP contribution in [0.5, 0.6) is 0 Å². The van der Waals surface area contributed by atoms with Crippen molar-refractivity contribution in [2.75, 3.05) is 0 Å². The lowest BCUT2D eigenvalue weighted by Crippen LogP contribution is -2.11. The Balaban J connectivity index is 1.60. The zero-order chi connectivity index (χ0) is 21.1. The van der Waals surface area contributed by atoms with Gasteiger partial charge in [0.05, 0.1) is 0 Å². The first-order valence-electron chi connectivity index (χ1n) is 10.4. The molecule has 0 radical (unpaired) electrons. The van der Waals surface area contributed by atoms with E-state index in [1.54, 1.807) is 0 Å². The first-order chi connectivity index (χ1) is 14.5. The van der Waals surface area contributed by atoms with Gasteiger partial charge in [-0.3, -0.25) is 0 Å². The number of hydrogen-bond acceptors (Lipinski definition) is 5. The number of hydrogen-bond donors (Lipinski definition) is 1. The largest absolute Gasteiger partial charge is 0.249 e. The third kappa shape index (κ3) is 4.30. The molecule has 2 aromatic carbocycles. The molecule has 0 atom stereocenters. The number of tetrazole rings is 1. The van der Waals surface area contributed by atoms with Crippen molar-refractivity contribution in [3.05, 3.63) is 65.7 Å². The molecule has 0 fully saturated rings. The molecule has 0 bridgehead atoms. The summed E-state index contributed by atoms with van der Waals surface area (Å²) in [5, 5.41) is 19.0. The highest BCUT2D eigenvalue weighted by Gasteiger charge is 2.15. The van der Waals surface area contributed by atoms with Crippen molar-refractivity contribution >= 4 is 0 Å². The van der Waals surface area contributed by atoms with Gasteiger partial charge in [0.15, 0.2) is 11.6 Å². The monoisotopic (exact) mass is 401 g/mol. The van der Waals surface area contributed by atoms with Crippen LogP contribution in [0.4, 0.5) is 0 Å². The molecule has 7 nitrogen and oxygen atoms in total. The molecule has 0 unspecified atom stereocenters. The number of aromatic nitrogens is 7. The van der Waals surface area contributed by atoms with Crippen LogP contribution in [-0.4, -0.2) is 35.4 Å². The summed E-state index contributed by atoms with van der Waals surface area (Å²) in [6.07, 6.45) is 0.764. The fraction of sp³-hybridized carbons (Fsp3) is 0.348. The standard InChI is InChI=1S/C23H27N7/c1-15(2)14-30-21(24-22(27-30)16(3)4)13-17-9-11-18(12-10-17)19-7-5-6-8-20(19)23-25-28-29-26-23/h5-12,15-16H,13-14H2,1-4H3,(H,25,26,28,29). The Kier molecular flexibility index (Phi) is 5.70. The Morgan fingerprint density at radius 3 is 2.30 bits per heavy atom. The van der Waals surface area contributed by atoms with Crippen LogP contribution in [0.25, 0.3) is 22.5 Å². The van der Waals surface area contributed by atoms with Crippen LogP contribution in [-0.2, 0) is 13.0 Å². The molecule has 0 amide bonds. The van der Waals surface area contributed by atoms with Gasteiger partial charge in [0, 0.05) is 24.4 Å². The molecule has 0 aliphatic rings. The maximum atomic E-state index is 4.81. The van der Waals surface area contributed by atoms with Gasteiger partial charge in [-0.25, -0.2) is 14.8 Å². The lowest BCUT2D eigenvalue weighted by Gasteiger charge is -2.10. The first-order valence-corrected chi connectivity index (χ1v) is 10.4. The van der Waals surface area contributed by atoms with E-state index in [0.29, 0.717) is 17.7 Å². The fourth-order valence-electron chi connectivity index (χ4n) is 3.46. The van der Waals surface area contributed by atoms with E-state index in [4.69, 9.17) is 10.1 Å². The highest BCUT2D eigenvalue weighted by Crippen LogP contribution is 2.30. The van der Waals surface area contributed by atoms with E-state index < -0.39 is 0 Å². The van der Waals surface area contributed by atoms with Crippen molar-refractivity contribution in [2.45, 2.75) is 46.6 Å². The van der Waals surface area contributed by atoms with E-state index in [2.05, 4.69) is 83.3 Å². The Labute approximate surface area is 176 Å². The molecule has 0 spiro atoms. The second-order valence-corrected chi connectivity index (χ2v) is 8.29. The Morgan fingerprint density at radius 2 is 1.67 bits per heavy atom. The summed E-state index contributed by atoms with van der Waals surface area (Å²) in [6, 6.07) is 16.7. The van der Waals surface area contributed by atoms with E-state index in [0.717, 1.165) is 41.3 Å². The quantitative estimate of drug-likeness (QED) is 0.493. The van der Waals surface area contributed by atoms with Gasteiger partial charge in [-0.2, -0.15) is 5.10 Å². The average Bonchev–Trinajstić information content (AvgIpc) is 3.39. The molecular formula is C23H27N7. The van der Waals surface area contributed by atoms with Gasteiger partial charge in [0.1, 0.15) is 5.82 Å². The summed E-state index contributed by atoms with van der Waals surface area (Å²) >= 11 is 0. The third-order valence-electron chi connectivity index (χ3n) is 4.97. The molecule has 4 rings (SSSR count). The molecule has 0 saturated carbocycles. The van der Waals surface area contributed by atoms with Crippen LogP contribution in [0.2, 0.25) is 0 Å². The highest BCUT2D eigenvalue weighted by molar-refractivity contribution is 5.80. The molecule has 1 N–H and O–H groups in total. The van der Waals surface area contributed by atoms with Crippen molar-refractivity contribution in [3.63, 3.8) is 0 Å². The molecule has 2 aromatic heterocycles. The molecule has 7 heteroatoms. The smallest absolute Gasteiger partial charge is 0.180 e. The molecule has 154 valence electrons. The van der Waals surface area contributed by atoms with Gasteiger partial charge < -0.3 is 0 Å². The highest BCUT2D eigenvalue weighted by atomic mass is 15.5. The van der Waals surface area contributed by atoms with Crippen molar-refractivity contribution in [3.8, 4) is 22.5 Å². The molecule has 2 heterocycles. The zero-order valence-corrected chi connectivity index (χ0v) is 17.9. The van der Waals surface area contributed by atoms with Crippen LogP contribution in [0, 0.1) is 5.92 Å². The van der Waals surface area contributed by atoms with Gasteiger partial charge in [-0.15, -0.1) is 5.10 Å². The van der Waals surface area contributed by atoms with Crippen LogP contribution in [0.15, 0.2) is 48.5 Å². The topological polar surface area (TPSA) is 85.2 Å². The maximum Gasteiger partial charge on any atom is 0.180 e.